The zero-order valence-corrected chi connectivity index (χ0v) is 10.2. The number of hydrogen-bond donors (Lipinski definition) is 2. The summed E-state index contributed by atoms with van der Waals surface area (Å²) in [6.45, 7) is -0.169. The highest BCUT2D eigenvalue weighted by atomic mass is 32.2. The van der Waals surface area contributed by atoms with E-state index < -0.39 is 27.2 Å². The summed E-state index contributed by atoms with van der Waals surface area (Å²) in [5.41, 5.74) is 0. The van der Waals surface area contributed by atoms with E-state index in [0.29, 0.717) is 0 Å². The van der Waals surface area contributed by atoms with Gasteiger partial charge in [-0.25, -0.2) is 8.42 Å². The number of sulfone groups is 1. The first-order chi connectivity index (χ1) is 6.37. The van der Waals surface area contributed by atoms with Crippen LogP contribution in [0.3, 0.4) is 0 Å². The van der Waals surface area contributed by atoms with Gasteiger partial charge in [-0.1, -0.05) is 0 Å². The minimum Gasteiger partial charge on any atom is -0.481 e. The maximum absolute atomic E-state index is 11.3. The second-order valence-electron chi connectivity index (χ2n) is 4.74. The largest absolute Gasteiger partial charge is 0.481 e. The maximum atomic E-state index is 11.3. The lowest BCUT2D eigenvalue weighted by molar-refractivity contribution is -0.874. The number of aliphatic hydroxyl groups is 1. The average molecular weight is 240 g/mol. The van der Waals surface area contributed by atoms with Crippen LogP contribution in [-0.2, 0) is 14.6 Å². The highest BCUT2D eigenvalue weighted by Gasteiger charge is 2.45. The van der Waals surface area contributed by atoms with Gasteiger partial charge in [0.25, 0.3) is 0 Å². The van der Waals surface area contributed by atoms with Crippen molar-refractivity contribution in [3.05, 3.63) is 0 Å². The SMILES string of the molecule is C[N+](C)(C)CC(O)(CC(=O)O)S(C)(=O)=O. The highest BCUT2D eigenvalue weighted by Crippen LogP contribution is 2.20. The summed E-state index contributed by atoms with van der Waals surface area (Å²) in [7, 11) is 1.20. The molecular weight excluding hydrogens is 222 g/mol. The van der Waals surface area contributed by atoms with Gasteiger partial charge in [0.15, 0.2) is 9.84 Å². The molecule has 0 fully saturated rings. The van der Waals surface area contributed by atoms with Crippen LogP contribution in [0.25, 0.3) is 0 Å². The fourth-order valence-electron chi connectivity index (χ4n) is 1.28. The smallest absolute Gasteiger partial charge is 0.307 e. The van der Waals surface area contributed by atoms with E-state index in [2.05, 4.69) is 0 Å². The van der Waals surface area contributed by atoms with Gasteiger partial charge in [0, 0.05) is 6.26 Å². The summed E-state index contributed by atoms with van der Waals surface area (Å²) < 4.78 is 22.8. The van der Waals surface area contributed by atoms with Gasteiger partial charge in [0.1, 0.15) is 6.54 Å². The van der Waals surface area contributed by atoms with Gasteiger partial charge in [0.05, 0.1) is 27.6 Å². The fraction of sp³-hybridized carbons (Fsp3) is 0.875. The average Bonchev–Trinajstić information content (AvgIpc) is 1.75. The first-order valence-corrected chi connectivity index (χ1v) is 6.21. The monoisotopic (exact) mass is 240 g/mol. The molecular formula is C8H18NO5S+. The fourth-order valence-corrected chi connectivity index (χ4v) is 2.29. The molecule has 0 aromatic carbocycles. The molecule has 15 heavy (non-hydrogen) atoms. The number of rotatable bonds is 5. The van der Waals surface area contributed by atoms with Crippen molar-refractivity contribution in [1.29, 1.82) is 0 Å². The van der Waals surface area contributed by atoms with E-state index in [1.54, 1.807) is 21.1 Å². The second-order valence-corrected chi connectivity index (χ2v) is 7.04. The van der Waals surface area contributed by atoms with Gasteiger partial charge < -0.3 is 14.7 Å². The third kappa shape index (κ3) is 4.59. The van der Waals surface area contributed by atoms with Crippen molar-refractivity contribution in [3.8, 4) is 0 Å². The lowest BCUT2D eigenvalue weighted by Gasteiger charge is -2.33. The molecule has 0 radical (unpaired) electrons. The summed E-state index contributed by atoms with van der Waals surface area (Å²) in [6.07, 6.45) is 0.0347. The minimum absolute atomic E-state index is 0.164. The number of carboxylic acid groups (broad SMARTS) is 1. The third-order valence-electron chi connectivity index (χ3n) is 1.84. The van der Waals surface area contributed by atoms with Gasteiger partial charge in [-0.15, -0.1) is 0 Å². The number of aliphatic carboxylic acids is 1. The van der Waals surface area contributed by atoms with E-state index in [0.717, 1.165) is 6.26 Å². The summed E-state index contributed by atoms with van der Waals surface area (Å²) in [4.78, 5) is 8.30. The van der Waals surface area contributed by atoms with Crippen LogP contribution in [0, 0.1) is 0 Å². The van der Waals surface area contributed by atoms with Crippen molar-refractivity contribution in [3.63, 3.8) is 0 Å². The number of hydrogen-bond acceptors (Lipinski definition) is 4. The van der Waals surface area contributed by atoms with Crippen molar-refractivity contribution >= 4 is 15.8 Å². The Bertz CT molecular complexity index is 343. The number of quaternary nitrogens is 1. The molecule has 0 saturated carbocycles. The standard InChI is InChI=1S/C8H17NO5S/c1-9(2,3)6-8(12,5-7(10)11)15(4,13)14/h12H,5-6H2,1-4H3/p+1. The number of nitrogens with zero attached hydrogens (tertiary/aromatic N) is 1. The number of carboxylic acids is 1. The van der Waals surface area contributed by atoms with E-state index in [1.807, 2.05) is 0 Å². The quantitative estimate of drug-likeness (QED) is 0.595. The molecule has 0 aromatic heterocycles. The molecule has 90 valence electrons. The highest BCUT2D eigenvalue weighted by molar-refractivity contribution is 7.91. The Morgan fingerprint density at radius 2 is 1.73 bits per heavy atom. The molecule has 6 nitrogen and oxygen atoms in total. The Morgan fingerprint density at radius 1 is 1.33 bits per heavy atom. The normalized spacial score (nSPS) is 17.1. The van der Waals surface area contributed by atoms with Crippen molar-refractivity contribution in [1.82, 2.24) is 0 Å². The molecule has 0 heterocycles. The van der Waals surface area contributed by atoms with Crippen LogP contribution in [0.1, 0.15) is 6.42 Å². The molecule has 1 unspecified atom stereocenters. The molecule has 1 atom stereocenters. The third-order valence-corrected chi connectivity index (χ3v) is 3.49. The van der Waals surface area contributed by atoms with E-state index in [1.165, 1.54) is 0 Å². The van der Waals surface area contributed by atoms with E-state index >= 15 is 0 Å². The Balaban J connectivity index is 5.14. The van der Waals surface area contributed by atoms with Crippen molar-refractivity contribution in [2.45, 2.75) is 11.4 Å². The topological polar surface area (TPSA) is 91.7 Å². The molecule has 0 aliphatic rings. The minimum atomic E-state index is -3.83. The van der Waals surface area contributed by atoms with Gasteiger partial charge in [0.2, 0.25) is 4.93 Å². The second kappa shape index (κ2) is 4.07. The Morgan fingerprint density at radius 3 is 1.93 bits per heavy atom. The van der Waals surface area contributed by atoms with Crippen molar-refractivity contribution in [2.75, 3.05) is 33.9 Å². The van der Waals surface area contributed by atoms with Crippen LogP contribution < -0.4 is 0 Å². The molecule has 7 heteroatoms. The number of carbonyl (C=O) groups is 1. The number of likely N-dealkylation sites (N-methyl/N-ethyl adjacent to an activating group) is 1. The summed E-state index contributed by atoms with van der Waals surface area (Å²) >= 11 is 0. The van der Waals surface area contributed by atoms with Crippen LogP contribution >= 0.6 is 0 Å². The predicted molar refractivity (Wildman–Crippen MR) is 54.9 cm³/mol. The van der Waals surface area contributed by atoms with Crippen LogP contribution in [0.5, 0.6) is 0 Å². The van der Waals surface area contributed by atoms with Crippen molar-refractivity contribution < 1.29 is 27.9 Å². The van der Waals surface area contributed by atoms with Crippen LogP contribution in [0.15, 0.2) is 0 Å². The van der Waals surface area contributed by atoms with E-state index in [4.69, 9.17) is 5.11 Å². The maximum Gasteiger partial charge on any atom is 0.307 e. The Hall–Kier alpha value is -0.660. The molecule has 0 aliphatic carbocycles. The lowest BCUT2D eigenvalue weighted by Crippen LogP contribution is -2.54. The first kappa shape index (κ1) is 14.3. The molecule has 0 rings (SSSR count). The molecule has 2 N–H and O–H groups in total. The molecule has 0 amide bonds. The Kier molecular flexibility index (Phi) is 3.89. The van der Waals surface area contributed by atoms with Crippen LogP contribution in [0.4, 0.5) is 0 Å². The van der Waals surface area contributed by atoms with Crippen molar-refractivity contribution in [2.24, 2.45) is 0 Å². The Labute approximate surface area is 89.6 Å². The molecule has 0 saturated heterocycles. The molecule has 0 spiro atoms. The summed E-state index contributed by atoms with van der Waals surface area (Å²) in [5.74, 6) is -1.34. The summed E-state index contributed by atoms with van der Waals surface area (Å²) in [5, 5.41) is 18.4. The van der Waals surface area contributed by atoms with Crippen LogP contribution in [0.2, 0.25) is 0 Å². The zero-order chi connectivity index (χ0) is 12.5. The van der Waals surface area contributed by atoms with Gasteiger partial charge in [-0.05, 0) is 0 Å². The van der Waals surface area contributed by atoms with Crippen LogP contribution in [-0.4, -0.2) is 68.0 Å². The molecule has 0 aromatic rings. The van der Waals surface area contributed by atoms with E-state index in [9.17, 15) is 18.3 Å². The lowest BCUT2D eigenvalue weighted by atomic mass is 10.2. The van der Waals surface area contributed by atoms with E-state index in [-0.39, 0.29) is 11.0 Å². The summed E-state index contributed by atoms with van der Waals surface area (Å²) in [6, 6.07) is 0. The molecule has 0 aliphatic heterocycles. The first-order valence-electron chi connectivity index (χ1n) is 4.32. The predicted octanol–water partition coefficient (Wildman–Crippen LogP) is -1.10. The molecule has 0 bridgehead atoms. The zero-order valence-electron chi connectivity index (χ0n) is 9.39. The van der Waals surface area contributed by atoms with Gasteiger partial charge in [-0.3, -0.25) is 4.79 Å². The van der Waals surface area contributed by atoms with Gasteiger partial charge in [-0.2, -0.15) is 0 Å². The van der Waals surface area contributed by atoms with Gasteiger partial charge >= 0.3 is 5.97 Å².